The highest BCUT2D eigenvalue weighted by molar-refractivity contribution is 6.03. The minimum absolute atomic E-state index is 0.0107. The second-order valence-electron chi connectivity index (χ2n) is 9.27. The SMILES string of the molecule is C[C@]1(C(=O)NC2CCCCCC2)Cn2c(cc3occc32)C(=O)N1C[C@@H]1CCCO1. The third kappa shape index (κ3) is 3.33. The van der Waals surface area contributed by atoms with Crippen LogP contribution in [0.4, 0.5) is 0 Å². The van der Waals surface area contributed by atoms with E-state index in [9.17, 15) is 9.59 Å². The van der Waals surface area contributed by atoms with Crippen molar-refractivity contribution in [1.29, 1.82) is 0 Å². The number of nitrogens with zero attached hydrogens (tertiary/aromatic N) is 2. The van der Waals surface area contributed by atoms with Crippen LogP contribution in [0.25, 0.3) is 11.1 Å². The quantitative estimate of drug-likeness (QED) is 0.779. The van der Waals surface area contributed by atoms with Gasteiger partial charge in [0.15, 0.2) is 5.58 Å². The normalized spacial score (nSPS) is 28.0. The van der Waals surface area contributed by atoms with Crippen LogP contribution < -0.4 is 5.32 Å². The van der Waals surface area contributed by atoms with E-state index in [2.05, 4.69) is 5.32 Å². The Balaban J connectivity index is 1.47. The van der Waals surface area contributed by atoms with Crippen molar-refractivity contribution in [2.24, 2.45) is 0 Å². The van der Waals surface area contributed by atoms with E-state index in [-0.39, 0.29) is 24.0 Å². The first kappa shape index (κ1) is 19.7. The molecule has 7 nitrogen and oxygen atoms in total. The van der Waals surface area contributed by atoms with E-state index in [1.165, 1.54) is 12.8 Å². The van der Waals surface area contributed by atoms with E-state index in [1.54, 1.807) is 17.2 Å². The second-order valence-corrected chi connectivity index (χ2v) is 9.27. The summed E-state index contributed by atoms with van der Waals surface area (Å²) >= 11 is 0. The van der Waals surface area contributed by atoms with Crippen LogP contribution in [0, 0.1) is 0 Å². The van der Waals surface area contributed by atoms with Gasteiger partial charge in [-0.05, 0) is 32.6 Å². The largest absolute Gasteiger partial charge is 0.463 e. The number of ether oxygens (including phenoxy) is 1. The lowest BCUT2D eigenvalue weighted by atomic mass is 9.93. The molecular weight excluding hydrogens is 382 g/mol. The molecule has 2 amide bonds. The van der Waals surface area contributed by atoms with Crippen molar-refractivity contribution in [2.45, 2.75) is 82.5 Å². The molecule has 5 rings (SSSR count). The molecule has 2 aromatic heterocycles. The Kier molecular flexibility index (Phi) is 5.09. The first-order valence-electron chi connectivity index (χ1n) is 11.4. The molecule has 30 heavy (non-hydrogen) atoms. The zero-order chi connectivity index (χ0) is 20.7. The Morgan fingerprint density at radius 2 is 2.00 bits per heavy atom. The zero-order valence-corrected chi connectivity index (χ0v) is 17.7. The van der Waals surface area contributed by atoms with Crippen LogP contribution in [0.1, 0.15) is 68.8 Å². The highest BCUT2D eigenvalue weighted by Crippen LogP contribution is 2.34. The Labute approximate surface area is 176 Å². The van der Waals surface area contributed by atoms with Gasteiger partial charge >= 0.3 is 0 Å². The molecule has 2 aromatic rings. The molecule has 2 atom stereocenters. The molecule has 2 fully saturated rings. The molecule has 2 aliphatic heterocycles. The van der Waals surface area contributed by atoms with Gasteiger partial charge < -0.3 is 23.9 Å². The summed E-state index contributed by atoms with van der Waals surface area (Å²) in [6.07, 6.45) is 10.3. The molecule has 4 heterocycles. The Hall–Kier alpha value is -2.28. The van der Waals surface area contributed by atoms with Gasteiger partial charge in [-0.25, -0.2) is 0 Å². The number of hydrogen-bond donors (Lipinski definition) is 1. The van der Waals surface area contributed by atoms with Crippen molar-refractivity contribution in [3.8, 4) is 0 Å². The highest BCUT2D eigenvalue weighted by atomic mass is 16.5. The fourth-order valence-corrected chi connectivity index (χ4v) is 5.32. The fraction of sp³-hybridized carbons (Fsp3) is 0.652. The van der Waals surface area contributed by atoms with Crippen molar-refractivity contribution < 1.29 is 18.7 Å². The first-order chi connectivity index (χ1) is 14.6. The topological polar surface area (TPSA) is 76.7 Å². The first-order valence-corrected chi connectivity index (χ1v) is 11.4. The molecule has 0 unspecified atom stereocenters. The van der Waals surface area contributed by atoms with Crippen molar-refractivity contribution in [2.75, 3.05) is 13.2 Å². The zero-order valence-electron chi connectivity index (χ0n) is 17.7. The Bertz CT molecular complexity index is 934. The third-order valence-electron chi connectivity index (χ3n) is 7.14. The number of fused-ring (bicyclic) bond motifs is 3. The summed E-state index contributed by atoms with van der Waals surface area (Å²) in [6.45, 7) is 3.49. The number of carbonyl (C=O) groups excluding carboxylic acids is 2. The molecule has 7 heteroatoms. The molecule has 0 bridgehead atoms. The predicted molar refractivity (Wildman–Crippen MR) is 112 cm³/mol. The summed E-state index contributed by atoms with van der Waals surface area (Å²) in [5.41, 5.74) is 1.17. The predicted octanol–water partition coefficient (Wildman–Crippen LogP) is 3.47. The number of aromatic nitrogens is 1. The van der Waals surface area contributed by atoms with Crippen LogP contribution in [0.2, 0.25) is 0 Å². The van der Waals surface area contributed by atoms with E-state index >= 15 is 0 Å². The summed E-state index contributed by atoms with van der Waals surface area (Å²) in [5, 5.41) is 3.30. The maximum Gasteiger partial charge on any atom is 0.271 e. The average Bonchev–Trinajstić information content (AvgIpc) is 3.42. The second kappa shape index (κ2) is 7.76. The Morgan fingerprint density at radius 1 is 1.20 bits per heavy atom. The summed E-state index contributed by atoms with van der Waals surface area (Å²) in [6, 6.07) is 3.85. The van der Waals surface area contributed by atoms with Crippen LogP contribution in [-0.4, -0.2) is 52.1 Å². The van der Waals surface area contributed by atoms with E-state index in [1.807, 2.05) is 17.6 Å². The number of rotatable bonds is 4. The number of carbonyl (C=O) groups is 2. The van der Waals surface area contributed by atoms with Crippen LogP contribution in [0.5, 0.6) is 0 Å². The molecule has 1 saturated heterocycles. The van der Waals surface area contributed by atoms with E-state index in [4.69, 9.17) is 9.15 Å². The number of nitrogens with one attached hydrogen (secondary N) is 1. The maximum atomic E-state index is 13.7. The maximum absolute atomic E-state index is 13.7. The lowest BCUT2D eigenvalue weighted by Crippen LogP contribution is -2.66. The molecule has 3 aliphatic rings. The van der Waals surface area contributed by atoms with Crippen molar-refractivity contribution in [3.05, 3.63) is 24.1 Å². The van der Waals surface area contributed by atoms with Gasteiger partial charge in [0.05, 0.1) is 24.4 Å². The summed E-state index contributed by atoms with van der Waals surface area (Å²) in [4.78, 5) is 29.0. The van der Waals surface area contributed by atoms with Crippen LogP contribution in [-0.2, 0) is 16.1 Å². The molecule has 0 aromatic carbocycles. The molecule has 1 aliphatic carbocycles. The standard InChI is InChI=1S/C23H31N3O4/c1-23(22(28)24-16-7-4-2-3-5-8-16)15-25-18-10-12-30-20(18)13-19(25)21(27)26(23)14-17-9-6-11-29-17/h10,12-13,16-17H,2-9,11,14-15H2,1H3,(H,24,28)/t17-,23+/m0/s1. The van der Waals surface area contributed by atoms with Gasteiger partial charge in [0.1, 0.15) is 11.2 Å². The van der Waals surface area contributed by atoms with Gasteiger partial charge in [-0.1, -0.05) is 25.7 Å². The number of furan rings is 1. The lowest BCUT2D eigenvalue weighted by Gasteiger charge is -2.45. The van der Waals surface area contributed by atoms with Gasteiger partial charge in [-0.3, -0.25) is 9.59 Å². The van der Waals surface area contributed by atoms with Gasteiger partial charge in [0.25, 0.3) is 5.91 Å². The molecular formula is C23H31N3O4. The molecule has 1 N–H and O–H groups in total. The van der Waals surface area contributed by atoms with Gasteiger partial charge in [0.2, 0.25) is 5.91 Å². The van der Waals surface area contributed by atoms with Gasteiger partial charge in [0, 0.05) is 31.3 Å². The van der Waals surface area contributed by atoms with Crippen molar-refractivity contribution in [1.82, 2.24) is 14.8 Å². The average molecular weight is 414 g/mol. The fourth-order valence-electron chi connectivity index (χ4n) is 5.32. The van der Waals surface area contributed by atoms with Crippen LogP contribution in [0.3, 0.4) is 0 Å². The minimum Gasteiger partial charge on any atom is -0.463 e. The molecule has 0 radical (unpaired) electrons. The smallest absolute Gasteiger partial charge is 0.271 e. The van der Waals surface area contributed by atoms with E-state index in [0.717, 1.165) is 50.6 Å². The van der Waals surface area contributed by atoms with Gasteiger partial charge in [-0.15, -0.1) is 0 Å². The van der Waals surface area contributed by atoms with E-state index in [0.29, 0.717) is 24.4 Å². The lowest BCUT2D eigenvalue weighted by molar-refractivity contribution is -0.134. The summed E-state index contributed by atoms with van der Waals surface area (Å²) < 4.78 is 13.3. The van der Waals surface area contributed by atoms with E-state index < -0.39 is 5.54 Å². The third-order valence-corrected chi connectivity index (χ3v) is 7.14. The van der Waals surface area contributed by atoms with Crippen LogP contribution >= 0.6 is 0 Å². The molecule has 0 spiro atoms. The highest BCUT2D eigenvalue weighted by Gasteiger charge is 2.49. The monoisotopic (exact) mass is 413 g/mol. The number of hydrogen-bond acceptors (Lipinski definition) is 4. The molecule has 162 valence electrons. The molecule has 1 saturated carbocycles. The van der Waals surface area contributed by atoms with Gasteiger partial charge in [-0.2, -0.15) is 0 Å². The van der Waals surface area contributed by atoms with Crippen LogP contribution in [0.15, 0.2) is 22.8 Å². The van der Waals surface area contributed by atoms with Crippen molar-refractivity contribution in [3.63, 3.8) is 0 Å². The minimum atomic E-state index is -0.967. The van der Waals surface area contributed by atoms with Crippen molar-refractivity contribution >= 4 is 22.9 Å². The summed E-state index contributed by atoms with van der Waals surface area (Å²) in [5.74, 6) is -0.182. The Morgan fingerprint density at radius 3 is 2.73 bits per heavy atom. The summed E-state index contributed by atoms with van der Waals surface area (Å²) in [7, 11) is 0. The number of amides is 2.